The van der Waals surface area contributed by atoms with Crippen molar-refractivity contribution in [1.29, 1.82) is 0 Å². The number of hydrogen-bond donors (Lipinski definition) is 1. The lowest BCUT2D eigenvalue weighted by atomic mass is 9.96. The van der Waals surface area contributed by atoms with Gasteiger partial charge in [-0.15, -0.1) is 0 Å². The SMILES string of the molecule is COc1cc(C)c(N[C@H](C)C(=O)N2[C@@H](C)CCC[C@@H]2C)cc1OC. The fraction of sp³-hybridized carbons (Fsp3) is 0.632. The second-order valence-electron chi connectivity index (χ2n) is 6.76. The van der Waals surface area contributed by atoms with Crippen molar-refractivity contribution in [3.63, 3.8) is 0 Å². The molecular weight excluding hydrogens is 304 g/mol. The highest BCUT2D eigenvalue weighted by atomic mass is 16.5. The molecule has 0 aliphatic carbocycles. The number of nitrogens with one attached hydrogen (secondary N) is 1. The highest BCUT2D eigenvalue weighted by molar-refractivity contribution is 5.85. The second-order valence-corrected chi connectivity index (χ2v) is 6.76. The van der Waals surface area contributed by atoms with Gasteiger partial charge in [0, 0.05) is 23.8 Å². The summed E-state index contributed by atoms with van der Waals surface area (Å²) in [7, 11) is 3.23. The first kappa shape index (κ1) is 18.4. The van der Waals surface area contributed by atoms with Crippen molar-refractivity contribution in [3.8, 4) is 11.5 Å². The third-order valence-electron chi connectivity index (χ3n) is 4.92. The Morgan fingerprint density at radius 1 is 1.17 bits per heavy atom. The Balaban J connectivity index is 2.16. The number of methoxy groups -OCH3 is 2. The molecule has 1 heterocycles. The number of likely N-dealkylation sites (tertiary alicyclic amines) is 1. The molecule has 1 aromatic carbocycles. The molecule has 5 heteroatoms. The number of aryl methyl sites for hydroxylation is 1. The molecule has 0 bridgehead atoms. The summed E-state index contributed by atoms with van der Waals surface area (Å²) in [5.41, 5.74) is 1.91. The van der Waals surface area contributed by atoms with Gasteiger partial charge in [-0.1, -0.05) is 0 Å². The molecule has 1 aromatic rings. The summed E-state index contributed by atoms with van der Waals surface area (Å²) in [6.45, 7) is 8.20. The number of benzene rings is 1. The van der Waals surface area contributed by atoms with E-state index in [1.165, 1.54) is 6.42 Å². The van der Waals surface area contributed by atoms with E-state index in [4.69, 9.17) is 9.47 Å². The number of hydrogen-bond acceptors (Lipinski definition) is 4. The quantitative estimate of drug-likeness (QED) is 0.894. The van der Waals surface area contributed by atoms with E-state index in [1.54, 1.807) is 14.2 Å². The minimum Gasteiger partial charge on any atom is -0.493 e. The molecule has 0 unspecified atom stereocenters. The van der Waals surface area contributed by atoms with Crippen LogP contribution in [-0.2, 0) is 4.79 Å². The summed E-state index contributed by atoms with van der Waals surface area (Å²) in [6.07, 6.45) is 3.36. The summed E-state index contributed by atoms with van der Waals surface area (Å²) >= 11 is 0. The maximum atomic E-state index is 12.9. The Hall–Kier alpha value is -1.91. The Morgan fingerprint density at radius 3 is 2.25 bits per heavy atom. The van der Waals surface area contributed by atoms with Crippen LogP contribution in [0.1, 0.15) is 45.6 Å². The smallest absolute Gasteiger partial charge is 0.245 e. The molecule has 1 fully saturated rings. The van der Waals surface area contributed by atoms with Gasteiger partial charge < -0.3 is 19.7 Å². The molecule has 2 rings (SSSR count). The van der Waals surface area contributed by atoms with Crippen molar-refractivity contribution in [3.05, 3.63) is 17.7 Å². The highest BCUT2D eigenvalue weighted by Crippen LogP contribution is 2.33. The van der Waals surface area contributed by atoms with Gasteiger partial charge in [0.15, 0.2) is 11.5 Å². The first-order valence-electron chi connectivity index (χ1n) is 8.70. The summed E-state index contributed by atoms with van der Waals surface area (Å²) in [6, 6.07) is 4.13. The van der Waals surface area contributed by atoms with E-state index in [9.17, 15) is 4.79 Å². The average Bonchev–Trinajstić information content (AvgIpc) is 2.55. The minimum atomic E-state index is -0.287. The molecule has 0 aromatic heterocycles. The number of ether oxygens (including phenoxy) is 2. The summed E-state index contributed by atoms with van der Waals surface area (Å²) < 4.78 is 10.7. The molecule has 5 nitrogen and oxygen atoms in total. The van der Waals surface area contributed by atoms with Gasteiger partial charge in [0.2, 0.25) is 5.91 Å². The molecule has 0 radical (unpaired) electrons. The van der Waals surface area contributed by atoms with E-state index in [1.807, 2.05) is 30.9 Å². The van der Waals surface area contributed by atoms with Crippen LogP contribution in [0.4, 0.5) is 5.69 Å². The Kier molecular flexibility index (Phi) is 5.97. The Bertz CT molecular complexity index is 578. The van der Waals surface area contributed by atoms with E-state index in [-0.39, 0.29) is 11.9 Å². The number of carbonyl (C=O) groups is 1. The van der Waals surface area contributed by atoms with Crippen molar-refractivity contribution >= 4 is 11.6 Å². The predicted octanol–water partition coefficient (Wildman–Crippen LogP) is 3.60. The van der Waals surface area contributed by atoms with Gasteiger partial charge in [0.1, 0.15) is 6.04 Å². The zero-order valence-electron chi connectivity index (χ0n) is 15.7. The molecule has 24 heavy (non-hydrogen) atoms. The molecule has 1 aliphatic rings. The van der Waals surface area contributed by atoms with Crippen LogP contribution in [0.5, 0.6) is 11.5 Å². The number of anilines is 1. The fourth-order valence-corrected chi connectivity index (χ4v) is 3.51. The number of amides is 1. The van der Waals surface area contributed by atoms with Gasteiger partial charge >= 0.3 is 0 Å². The molecule has 1 saturated heterocycles. The van der Waals surface area contributed by atoms with Gasteiger partial charge in [0.05, 0.1) is 14.2 Å². The lowest BCUT2D eigenvalue weighted by Crippen LogP contribution is -2.52. The molecule has 3 atom stereocenters. The van der Waals surface area contributed by atoms with E-state index < -0.39 is 0 Å². The van der Waals surface area contributed by atoms with Crippen LogP contribution in [0.15, 0.2) is 12.1 Å². The van der Waals surface area contributed by atoms with Gasteiger partial charge in [-0.25, -0.2) is 0 Å². The topological polar surface area (TPSA) is 50.8 Å². The molecular formula is C19H30N2O3. The van der Waals surface area contributed by atoms with Crippen molar-refractivity contribution < 1.29 is 14.3 Å². The zero-order chi connectivity index (χ0) is 17.9. The van der Waals surface area contributed by atoms with Crippen LogP contribution in [0.2, 0.25) is 0 Å². The monoisotopic (exact) mass is 334 g/mol. The maximum absolute atomic E-state index is 12.9. The van der Waals surface area contributed by atoms with Crippen LogP contribution in [0.25, 0.3) is 0 Å². The molecule has 1 N–H and O–H groups in total. The van der Waals surface area contributed by atoms with E-state index in [0.29, 0.717) is 23.6 Å². The largest absolute Gasteiger partial charge is 0.493 e. The number of carbonyl (C=O) groups excluding carboxylic acids is 1. The van der Waals surface area contributed by atoms with Crippen LogP contribution in [0, 0.1) is 6.92 Å². The third-order valence-corrected chi connectivity index (χ3v) is 4.92. The Morgan fingerprint density at radius 2 is 1.71 bits per heavy atom. The number of rotatable bonds is 5. The van der Waals surface area contributed by atoms with Crippen LogP contribution in [0.3, 0.4) is 0 Å². The zero-order valence-corrected chi connectivity index (χ0v) is 15.7. The molecule has 134 valence electrons. The van der Waals surface area contributed by atoms with Crippen molar-refractivity contribution in [2.45, 2.75) is 65.1 Å². The third kappa shape index (κ3) is 3.77. The lowest BCUT2D eigenvalue weighted by Gasteiger charge is -2.40. The number of nitrogens with zero attached hydrogens (tertiary/aromatic N) is 1. The first-order chi connectivity index (χ1) is 11.4. The Labute approximate surface area is 145 Å². The van der Waals surface area contributed by atoms with Crippen molar-refractivity contribution in [2.24, 2.45) is 0 Å². The lowest BCUT2D eigenvalue weighted by molar-refractivity contribution is -0.137. The van der Waals surface area contributed by atoms with Gasteiger partial charge in [-0.05, 0) is 58.6 Å². The highest BCUT2D eigenvalue weighted by Gasteiger charge is 2.31. The number of piperidine rings is 1. The molecule has 1 aliphatic heterocycles. The van der Waals surface area contributed by atoms with E-state index in [0.717, 1.165) is 24.1 Å². The van der Waals surface area contributed by atoms with Gasteiger partial charge in [-0.2, -0.15) is 0 Å². The molecule has 0 saturated carbocycles. The predicted molar refractivity (Wildman–Crippen MR) is 97.0 cm³/mol. The van der Waals surface area contributed by atoms with Gasteiger partial charge in [0.25, 0.3) is 0 Å². The van der Waals surface area contributed by atoms with Gasteiger partial charge in [-0.3, -0.25) is 4.79 Å². The fourth-order valence-electron chi connectivity index (χ4n) is 3.51. The van der Waals surface area contributed by atoms with Crippen LogP contribution >= 0.6 is 0 Å². The van der Waals surface area contributed by atoms with Crippen LogP contribution in [-0.4, -0.2) is 43.2 Å². The molecule has 1 amide bonds. The normalized spacial score (nSPS) is 22.0. The van der Waals surface area contributed by atoms with Crippen LogP contribution < -0.4 is 14.8 Å². The summed E-state index contributed by atoms with van der Waals surface area (Å²) in [5.74, 6) is 1.51. The van der Waals surface area contributed by atoms with Crippen molar-refractivity contribution in [1.82, 2.24) is 4.90 Å². The summed E-state index contributed by atoms with van der Waals surface area (Å²) in [4.78, 5) is 15.0. The van der Waals surface area contributed by atoms with E-state index in [2.05, 4.69) is 19.2 Å². The second kappa shape index (κ2) is 7.77. The summed E-state index contributed by atoms with van der Waals surface area (Å²) in [5, 5.41) is 3.35. The average molecular weight is 334 g/mol. The first-order valence-corrected chi connectivity index (χ1v) is 8.70. The minimum absolute atomic E-state index is 0.156. The maximum Gasteiger partial charge on any atom is 0.245 e. The standard InChI is InChI=1S/C19H30N2O3/c1-12-10-17(23-5)18(24-6)11-16(12)20-15(4)19(22)21-13(2)8-7-9-14(21)3/h10-11,13-15,20H,7-9H2,1-6H3/t13-,14-,15+/m0/s1. The van der Waals surface area contributed by atoms with E-state index >= 15 is 0 Å². The molecule has 0 spiro atoms. The van der Waals surface area contributed by atoms with Crippen molar-refractivity contribution in [2.75, 3.05) is 19.5 Å².